The van der Waals surface area contributed by atoms with Crippen molar-refractivity contribution in [2.24, 2.45) is 0 Å². The van der Waals surface area contributed by atoms with E-state index in [4.69, 9.17) is 11.6 Å². The number of piperazine rings is 1. The lowest BCUT2D eigenvalue weighted by atomic mass is 10.1. The molecule has 0 bridgehead atoms. The molecule has 0 radical (unpaired) electrons. The second kappa shape index (κ2) is 7.30. The van der Waals surface area contributed by atoms with Crippen LogP contribution in [-0.2, 0) is 5.54 Å². The van der Waals surface area contributed by atoms with Gasteiger partial charge in [0.15, 0.2) is 5.82 Å². The van der Waals surface area contributed by atoms with Crippen LogP contribution in [0.4, 0.5) is 5.69 Å². The summed E-state index contributed by atoms with van der Waals surface area (Å²) in [5.41, 5.74) is 1.08. The fourth-order valence-electron chi connectivity index (χ4n) is 3.45. The van der Waals surface area contributed by atoms with Gasteiger partial charge in [-0.1, -0.05) is 24.6 Å². The van der Waals surface area contributed by atoms with Gasteiger partial charge in [0.25, 0.3) is 0 Å². The highest BCUT2D eigenvalue weighted by Crippen LogP contribution is 2.28. The zero-order chi connectivity index (χ0) is 18.0. The number of anilines is 1. The van der Waals surface area contributed by atoms with E-state index < -0.39 is 0 Å². The van der Waals surface area contributed by atoms with Crippen LogP contribution in [0.3, 0.4) is 0 Å². The lowest BCUT2D eigenvalue weighted by molar-refractivity contribution is 0.161. The van der Waals surface area contributed by atoms with Crippen LogP contribution in [-0.4, -0.2) is 51.3 Å². The van der Waals surface area contributed by atoms with Crippen molar-refractivity contribution >= 4 is 17.3 Å². The Balaban J connectivity index is 1.72. The molecule has 1 aliphatic rings. The predicted molar refractivity (Wildman–Crippen MR) is 101 cm³/mol. The molecule has 136 valence electrons. The van der Waals surface area contributed by atoms with Crippen molar-refractivity contribution in [3.8, 4) is 0 Å². The number of aromatic nitrogens is 4. The summed E-state index contributed by atoms with van der Waals surface area (Å²) < 4.78 is 1.96. The Bertz CT molecular complexity index is 700. The Morgan fingerprint density at radius 2 is 1.88 bits per heavy atom. The molecular formula is C18H27ClN6. The molecule has 1 aromatic carbocycles. The molecule has 1 fully saturated rings. The summed E-state index contributed by atoms with van der Waals surface area (Å²) in [5, 5.41) is 13.3. The molecule has 2 aromatic rings. The molecule has 7 heteroatoms. The molecule has 1 aromatic heterocycles. The van der Waals surface area contributed by atoms with Gasteiger partial charge in [-0.25, -0.2) is 4.68 Å². The van der Waals surface area contributed by atoms with Gasteiger partial charge in [0.1, 0.15) is 0 Å². The van der Waals surface area contributed by atoms with E-state index in [1.165, 1.54) is 5.69 Å². The van der Waals surface area contributed by atoms with Gasteiger partial charge in [0.2, 0.25) is 0 Å². The van der Waals surface area contributed by atoms with Crippen LogP contribution < -0.4 is 4.90 Å². The number of benzene rings is 1. The molecule has 1 atom stereocenters. The van der Waals surface area contributed by atoms with Crippen LogP contribution in [0.25, 0.3) is 0 Å². The molecule has 0 N–H and O–H groups in total. The van der Waals surface area contributed by atoms with Gasteiger partial charge in [-0.05, 0) is 55.8 Å². The topological polar surface area (TPSA) is 50.1 Å². The SMILES string of the molecule is CC[C@@H](c1nnnn1C(C)(C)C)N1CCN(c2cccc(Cl)c2)CC1. The third-order valence-corrected chi connectivity index (χ3v) is 4.98. The van der Waals surface area contributed by atoms with Gasteiger partial charge >= 0.3 is 0 Å². The molecule has 3 rings (SSSR count). The second-order valence-electron chi connectivity index (χ2n) is 7.55. The maximum atomic E-state index is 6.13. The van der Waals surface area contributed by atoms with Crippen LogP contribution >= 0.6 is 11.6 Å². The Morgan fingerprint density at radius 3 is 2.48 bits per heavy atom. The van der Waals surface area contributed by atoms with Crippen molar-refractivity contribution in [3.63, 3.8) is 0 Å². The van der Waals surface area contributed by atoms with Crippen LogP contribution in [0.15, 0.2) is 24.3 Å². The number of rotatable bonds is 4. The molecule has 0 spiro atoms. The highest BCUT2D eigenvalue weighted by molar-refractivity contribution is 6.30. The van der Waals surface area contributed by atoms with Gasteiger partial charge in [0, 0.05) is 36.9 Å². The van der Waals surface area contributed by atoms with E-state index in [9.17, 15) is 0 Å². The summed E-state index contributed by atoms with van der Waals surface area (Å²) in [6, 6.07) is 8.33. The fourth-order valence-corrected chi connectivity index (χ4v) is 3.63. The zero-order valence-corrected chi connectivity index (χ0v) is 16.2. The van der Waals surface area contributed by atoms with E-state index in [1.54, 1.807) is 0 Å². The lowest BCUT2D eigenvalue weighted by Gasteiger charge is -2.40. The normalized spacial score (nSPS) is 17.7. The fraction of sp³-hybridized carbons (Fsp3) is 0.611. The first-order chi connectivity index (χ1) is 11.9. The number of tetrazole rings is 1. The molecule has 0 amide bonds. The Morgan fingerprint density at radius 1 is 1.16 bits per heavy atom. The highest BCUT2D eigenvalue weighted by Gasteiger charge is 2.30. The van der Waals surface area contributed by atoms with Crippen LogP contribution in [0, 0.1) is 0 Å². The van der Waals surface area contributed by atoms with Gasteiger partial charge in [-0.15, -0.1) is 5.10 Å². The maximum Gasteiger partial charge on any atom is 0.168 e. The minimum atomic E-state index is -0.116. The Labute approximate surface area is 154 Å². The van der Waals surface area contributed by atoms with E-state index in [0.717, 1.165) is 43.4 Å². The maximum absolute atomic E-state index is 6.13. The quantitative estimate of drug-likeness (QED) is 0.834. The average molecular weight is 363 g/mol. The third-order valence-electron chi connectivity index (χ3n) is 4.74. The number of nitrogens with zero attached hydrogens (tertiary/aromatic N) is 6. The minimum absolute atomic E-state index is 0.116. The molecule has 1 saturated heterocycles. The van der Waals surface area contributed by atoms with Crippen molar-refractivity contribution in [1.82, 2.24) is 25.1 Å². The number of halogens is 1. The first kappa shape index (κ1) is 18.1. The first-order valence-corrected chi connectivity index (χ1v) is 9.31. The summed E-state index contributed by atoms with van der Waals surface area (Å²) in [6.45, 7) is 12.5. The van der Waals surface area contributed by atoms with E-state index in [-0.39, 0.29) is 11.6 Å². The molecular weight excluding hydrogens is 336 g/mol. The van der Waals surface area contributed by atoms with E-state index >= 15 is 0 Å². The monoisotopic (exact) mass is 362 g/mol. The average Bonchev–Trinajstić information content (AvgIpc) is 3.06. The molecule has 1 aliphatic heterocycles. The van der Waals surface area contributed by atoms with E-state index in [1.807, 2.05) is 22.9 Å². The molecule has 6 nitrogen and oxygen atoms in total. The van der Waals surface area contributed by atoms with E-state index in [0.29, 0.717) is 0 Å². The summed E-state index contributed by atoms with van der Waals surface area (Å²) in [5.74, 6) is 0.964. The summed E-state index contributed by atoms with van der Waals surface area (Å²) >= 11 is 6.13. The van der Waals surface area contributed by atoms with Crippen LogP contribution in [0.2, 0.25) is 5.02 Å². The van der Waals surface area contributed by atoms with Gasteiger partial charge < -0.3 is 4.90 Å². The van der Waals surface area contributed by atoms with Crippen molar-refractivity contribution in [2.45, 2.75) is 45.7 Å². The largest absolute Gasteiger partial charge is 0.369 e. The Kier molecular flexibility index (Phi) is 5.29. The van der Waals surface area contributed by atoms with Crippen LogP contribution in [0.5, 0.6) is 0 Å². The van der Waals surface area contributed by atoms with Gasteiger partial charge in [-0.2, -0.15) is 0 Å². The predicted octanol–water partition coefficient (Wildman–Crippen LogP) is 3.35. The van der Waals surface area contributed by atoms with Gasteiger partial charge in [-0.3, -0.25) is 4.90 Å². The summed E-state index contributed by atoms with van der Waals surface area (Å²) in [4.78, 5) is 4.89. The number of hydrogen-bond donors (Lipinski definition) is 0. The molecule has 0 aliphatic carbocycles. The first-order valence-electron chi connectivity index (χ1n) is 8.93. The summed E-state index contributed by atoms with van der Waals surface area (Å²) in [7, 11) is 0. The smallest absolute Gasteiger partial charge is 0.168 e. The van der Waals surface area contributed by atoms with E-state index in [2.05, 4.69) is 59.1 Å². The third kappa shape index (κ3) is 3.96. The van der Waals surface area contributed by atoms with Crippen LogP contribution in [0.1, 0.15) is 46.0 Å². The van der Waals surface area contributed by atoms with Crippen molar-refractivity contribution in [1.29, 1.82) is 0 Å². The molecule has 0 unspecified atom stereocenters. The lowest BCUT2D eigenvalue weighted by Crippen LogP contribution is -2.48. The molecule has 0 saturated carbocycles. The van der Waals surface area contributed by atoms with Crippen molar-refractivity contribution in [2.75, 3.05) is 31.1 Å². The summed E-state index contributed by atoms with van der Waals surface area (Å²) in [6.07, 6.45) is 0.994. The number of hydrogen-bond acceptors (Lipinski definition) is 5. The molecule has 2 heterocycles. The second-order valence-corrected chi connectivity index (χ2v) is 7.98. The Hall–Kier alpha value is -1.66. The van der Waals surface area contributed by atoms with Crippen molar-refractivity contribution in [3.05, 3.63) is 35.1 Å². The standard InChI is InChI=1S/C18H27ClN6/c1-5-16(17-20-21-22-25(17)18(2,3)4)24-11-9-23(10-12-24)15-8-6-7-14(19)13-15/h6-8,13,16H,5,9-12H2,1-4H3/t16-/m0/s1. The van der Waals surface area contributed by atoms with Gasteiger partial charge in [0.05, 0.1) is 11.6 Å². The highest BCUT2D eigenvalue weighted by atomic mass is 35.5. The zero-order valence-electron chi connectivity index (χ0n) is 15.5. The van der Waals surface area contributed by atoms with Crippen molar-refractivity contribution < 1.29 is 0 Å². The minimum Gasteiger partial charge on any atom is -0.369 e. The molecule has 25 heavy (non-hydrogen) atoms.